The number of aliphatic hydroxyl groups is 1. The molecule has 0 bridgehead atoms. The highest BCUT2D eigenvalue weighted by Gasteiger charge is 2.34. The molecule has 1 amide bonds. The van der Waals surface area contributed by atoms with Crippen LogP contribution in [0, 0.1) is 0 Å². The van der Waals surface area contributed by atoms with Gasteiger partial charge in [0.25, 0.3) is 5.91 Å². The molecule has 3 heterocycles. The Morgan fingerprint density at radius 1 is 1.09 bits per heavy atom. The third-order valence-electron chi connectivity index (χ3n) is 6.48. The molecule has 1 aromatic heterocycles. The number of aliphatic hydroxyl groups excluding tert-OH is 1. The van der Waals surface area contributed by atoms with E-state index in [1.54, 1.807) is 23.1 Å². The highest BCUT2D eigenvalue weighted by atomic mass is 35.5. The summed E-state index contributed by atoms with van der Waals surface area (Å²) in [6.45, 7) is 2.52. The predicted molar refractivity (Wildman–Crippen MR) is 135 cm³/mol. The van der Waals surface area contributed by atoms with Gasteiger partial charge in [-0.3, -0.25) is 19.2 Å². The van der Waals surface area contributed by atoms with Crippen LogP contribution in [0.4, 0.5) is 5.69 Å². The van der Waals surface area contributed by atoms with Gasteiger partial charge in [-0.1, -0.05) is 29.8 Å². The van der Waals surface area contributed by atoms with E-state index < -0.39 is 5.97 Å². The molecular formula is C25H26Cl2N4O4. The Morgan fingerprint density at radius 2 is 1.91 bits per heavy atom. The minimum absolute atomic E-state index is 0. The van der Waals surface area contributed by atoms with Crippen LogP contribution in [-0.4, -0.2) is 63.0 Å². The summed E-state index contributed by atoms with van der Waals surface area (Å²) in [5.41, 5.74) is 5.40. The van der Waals surface area contributed by atoms with Gasteiger partial charge in [0.2, 0.25) is 0 Å². The van der Waals surface area contributed by atoms with Gasteiger partial charge in [0.05, 0.1) is 17.9 Å². The van der Waals surface area contributed by atoms with Crippen LogP contribution in [0.1, 0.15) is 27.2 Å². The largest absolute Gasteiger partial charge is 0.480 e. The molecule has 0 radical (unpaired) electrons. The van der Waals surface area contributed by atoms with Crippen molar-refractivity contribution in [1.82, 2.24) is 14.7 Å². The molecule has 2 aliphatic rings. The number of hydrogen-bond donors (Lipinski definition) is 2. The smallest absolute Gasteiger partial charge is 0.325 e. The molecule has 10 heteroatoms. The van der Waals surface area contributed by atoms with Gasteiger partial charge in [0.1, 0.15) is 12.2 Å². The minimum Gasteiger partial charge on any atom is -0.480 e. The number of halogens is 2. The van der Waals surface area contributed by atoms with Gasteiger partial charge in [-0.15, -0.1) is 12.4 Å². The van der Waals surface area contributed by atoms with Crippen molar-refractivity contribution in [3.05, 3.63) is 69.9 Å². The maximum Gasteiger partial charge on any atom is 0.325 e. The first-order valence-electron chi connectivity index (χ1n) is 11.3. The molecule has 3 aromatic rings. The van der Waals surface area contributed by atoms with E-state index in [0.717, 1.165) is 30.8 Å². The molecule has 2 N–H and O–H groups in total. The molecule has 0 spiro atoms. The van der Waals surface area contributed by atoms with Gasteiger partial charge in [-0.05, 0) is 41.8 Å². The Hall–Kier alpha value is -2.91. The number of β-amino-alcohol motifs (C(OH)–C–C–N with tert-alkyl or cyclic N) is 1. The summed E-state index contributed by atoms with van der Waals surface area (Å²) in [6.07, 6.45) is 1.41. The van der Waals surface area contributed by atoms with E-state index in [-0.39, 0.29) is 31.5 Å². The highest BCUT2D eigenvalue weighted by Crippen LogP contribution is 2.34. The quantitative estimate of drug-likeness (QED) is 0.521. The number of fused-ring (bicyclic) bond motifs is 2. The molecule has 184 valence electrons. The summed E-state index contributed by atoms with van der Waals surface area (Å²) in [6, 6.07) is 13.2. The second-order valence-corrected chi connectivity index (χ2v) is 9.08. The van der Waals surface area contributed by atoms with E-state index in [9.17, 15) is 19.8 Å². The molecule has 2 aromatic carbocycles. The molecule has 0 saturated heterocycles. The second kappa shape index (κ2) is 10.4. The molecule has 0 unspecified atom stereocenters. The summed E-state index contributed by atoms with van der Waals surface area (Å²) in [4.78, 5) is 29.2. The Kier molecular flexibility index (Phi) is 7.47. The number of hydrogen-bond acceptors (Lipinski definition) is 5. The first-order valence-corrected chi connectivity index (χ1v) is 11.7. The van der Waals surface area contributed by atoms with E-state index >= 15 is 0 Å². The monoisotopic (exact) mass is 516 g/mol. The number of carboxylic acid groups (broad SMARTS) is 1. The lowest BCUT2D eigenvalue weighted by Crippen LogP contribution is -2.39. The van der Waals surface area contributed by atoms with Crippen LogP contribution in [0.25, 0.3) is 11.3 Å². The Bertz CT molecular complexity index is 1280. The number of nitrogens with zero attached hydrogens (tertiary/aromatic N) is 4. The van der Waals surface area contributed by atoms with Crippen molar-refractivity contribution >= 4 is 41.6 Å². The maximum absolute atomic E-state index is 13.8. The average Bonchev–Trinajstić information content (AvgIpc) is 3.18. The van der Waals surface area contributed by atoms with Gasteiger partial charge in [-0.2, -0.15) is 5.10 Å². The Labute approximate surface area is 214 Å². The normalized spacial score (nSPS) is 15.4. The number of amides is 1. The van der Waals surface area contributed by atoms with E-state index in [2.05, 4.69) is 22.1 Å². The molecule has 5 rings (SSSR count). The molecule has 0 saturated carbocycles. The number of anilines is 1. The molecular weight excluding hydrogens is 491 g/mol. The van der Waals surface area contributed by atoms with Crippen LogP contribution in [0.5, 0.6) is 0 Å². The third-order valence-corrected chi connectivity index (χ3v) is 6.72. The molecule has 0 fully saturated rings. The fourth-order valence-corrected chi connectivity index (χ4v) is 5.07. The number of benzene rings is 2. The van der Waals surface area contributed by atoms with Gasteiger partial charge in [0.15, 0.2) is 0 Å². The second-order valence-electron chi connectivity index (χ2n) is 8.64. The van der Waals surface area contributed by atoms with Gasteiger partial charge in [0, 0.05) is 48.9 Å². The SMILES string of the molecule is Cl.O=C(O)Cn1nc(-c2cccc(Cl)c2)c2c1CCN(c1ccc3c(c1)CN(CCO)CC3)C2=O. The number of carbonyl (C=O) groups is 2. The van der Waals surface area contributed by atoms with Crippen molar-refractivity contribution in [2.75, 3.05) is 31.1 Å². The summed E-state index contributed by atoms with van der Waals surface area (Å²) in [7, 11) is 0. The Morgan fingerprint density at radius 3 is 2.66 bits per heavy atom. The zero-order valence-electron chi connectivity index (χ0n) is 19.0. The van der Waals surface area contributed by atoms with E-state index in [4.69, 9.17) is 11.6 Å². The number of carboxylic acids is 1. The third kappa shape index (κ3) is 4.92. The molecule has 0 atom stereocenters. The minimum atomic E-state index is -1.01. The maximum atomic E-state index is 13.8. The average molecular weight is 517 g/mol. The van der Waals surface area contributed by atoms with Crippen LogP contribution in [-0.2, 0) is 30.7 Å². The van der Waals surface area contributed by atoms with Crippen molar-refractivity contribution in [2.24, 2.45) is 0 Å². The molecule has 35 heavy (non-hydrogen) atoms. The van der Waals surface area contributed by atoms with Crippen molar-refractivity contribution in [1.29, 1.82) is 0 Å². The van der Waals surface area contributed by atoms with Crippen LogP contribution < -0.4 is 4.90 Å². The highest BCUT2D eigenvalue weighted by molar-refractivity contribution is 6.30. The van der Waals surface area contributed by atoms with Gasteiger partial charge < -0.3 is 15.1 Å². The van der Waals surface area contributed by atoms with E-state index in [0.29, 0.717) is 47.0 Å². The van der Waals surface area contributed by atoms with Gasteiger partial charge >= 0.3 is 5.97 Å². The lowest BCUT2D eigenvalue weighted by Gasteiger charge is -2.31. The van der Waals surface area contributed by atoms with Crippen LogP contribution in [0.3, 0.4) is 0 Å². The lowest BCUT2D eigenvalue weighted by molar-refractivity contribution is -0.137. The van der Waals surface area contributed by atoms with Crippen LogP contribution in [0.15, 0.2) is 42.5 Å². The standard InChI is InChI=1S/C25H25ClN4O4.ClH/c26-19-3-1-2-17(12-19)24-23-21(30(27-24)15-22(32)33)7-9-29(25(23)34)20-5-4-16-6-8-28(10-11-31)14-18(16)13-20;/h1-5,12-13,31H,6-11,14-15H2,(H,32,33);1H. The first-order chi connectivity index (χ1) is 16.4. The summed E-state index contributed by atoms with van der Waals surface area (Å²) < 4.78 is 1.42. The van der Waals surface area contributed by atoms with E-state index in [1.807, 2.05) is 12.1 Å². The first kappa shape index (κ1) is 25.2. The summed E-state index contributed by atoms with van der Waals surface area (Å²) in [5.74, 6) is -1.21. The number of rotatable bonds is 6. The van der Waals surface area contributed by atoms with Crippen molar-refractivity contribution < 1.29 is 19.8 Å². The van der Waals surface area contributed by atoms with Crippen molar-refractivity contribution in [3.63, 3.8) is 0 Å². The molecule has 0 aliphatic carbocycles. The molecule has 8 nitrogen and oxygen atoms in total. The zero-order valence-corrected chi connectivity index (χ0v) is 20.6. The fourth-order valence-electron chi connectivity index (χ4n) is 4.88. The predicted octanol–water partition coefficient (Wildman–Crippen LogP) is 3.26. The summed E-state index contributed by atoms with van der Waals surface area (Å²) >= 11 is 6.19. The lowest BCUT2D eigenvalue weighted by atomic mass is 9.96. The molecule has 2 aliphatic heterocycles. The number of aliphatic carboxylic acids is 1. The van der Waals surface area contributed by atoms with Crippen molar-refractivity contribution in [3.8, 4) is 11.3 Å². The Balaban J connectivity index is 0.00000289. The fraction of sp³-hybridized carbons (Fsp3) is 0.320. The summed E-state index contributed by atoms with van der Waals surface area (Å²) in [5, 5.41) is 23.7. The van der Waals surface area contributed by atoms with Crippen molar-refractivity contribution in [2.45, 2.75) is 25.9 Å². The topological polar surface area (TPSA) is 98.9 Å². The van der Waals surface area contributed by atoms with Gasteiger partial charge in [-0.25, -0.2) is 0 Å². The number of aromatic nitrogens is 2. The number of carbonyl (C=O) groups excluding carboxylic acids is 1. The zero-order chi connectivity index (χ0) is 23.8. The van der Waals surface area contributed by atoms with Crippen LogP contribution >= 0.6 is 24.0 Å². The van der Waals surface area contributed by atoms with Crippen LogP contribution in [0.2, 0.25) is 5.02 Å². The van der Waals surface area contributed by atoms with E-state index in [1.165, 1.54) is 10.2 Å².